The third kappa shape index (κ3) is 3.58. The molecule has 0 aromatic carbocycles. The van der Waals surface area contributed by atoms with Gasteiger partial charge in [0.25, 0.3) is 0 Å². The maximum Gasteiger partial charge on any atom is 0.246 e. The fourth-order valence-corrected chi connectivity index (χ4v) is 0.296. The van der Waals surface area contributed by atoms with E-state index in [0.29, 0.717) is 0 Å². The standard InChI is InChI=1S/C4H10N2O2/c1-8-2-4(7)6-3-5/h2-3,5H2,1H3,(H,6,7). The Hall–Kier alpha value is -0.610. The monoisotopic (exact) mass is 118 g/mol. The van der Waals surface area contributed by atoms with Crippen LogP contribution < -0.4 is 11.1 Å². The van der Waals surface area contributed by atoms with Crippen LogP contribution in [0.1, 0.15) is 0 Å². The van der Waals surface area contributed by atoms with Crippen LogP contribution in [0.2, 0.25) is 0 Å². The fourth-order valence-electron chi connectivity index (χ4n) is 0.296. The van der Waals surface area contributed by atoms with E-state index in [2.05, 4.69) is 10.1 Å². The Morgan fingerprint density at radius 1 is 1.88 bits per heavy atom. The minimum Gasteiger partial charge on any atom is -0.375 e. The molecule has 0 saturated heterocycles. The second kappa shape index (κ2) is 4.55. The van der Waals surface area contributed by atoms with Crippen LogP contribution in [0.5, 0.6) is 0 Å². The number of rotatable bonds is 3. The van der Waals surface area contributed by atoms with Gasteiger partial charge in [0, 0.05) is 7.11 Å². The molecule has 0 aromatic heterocycles. The van der Waals surface area contributed by atoms with Crippen molar-refractivity contribution < 1.29 is 9.53 Å². The van der Waals surface area contributed by atoms with E-state index in [1.54, 1.807) is 0 Å². The first-order valence-electron chi connectivity index (χ1n) is 2.27. The zero-order valence-corrected chi connectivity index (χ0v) is 4.81. The Balaban J connectivity index is 3.06. The van der Waals surface area contributed by atoms with Crippen LogP contribution in [-0.2, 0) is 9.53 Å². The lowest BCUT2D eigenvalue weighted by atomic mass is 10.6. The van der Waals surface area contributed by atoms with Crippen molar-refractivity contribution in [3.05, 3.63) is 0 Å². The average Bonchev–Trinajstić information content (AvgIpc) is 1.68. The molecule has 0 fully saturated rings. The maximum absolute atomic E-state index is 10.3. The Bertz CT molecular complexity index is 66.4. The third-order valence-corrected chi connectivity index (χ3v) is 0.575. The number of hydrogen-bond donors (Lipinski definition) is 2. The summed E-state index contributed by atoms with van der Waals surface area (Å²) in [5.74, 6) is -0.185. The van der Waals surface area contributed by atoms with Gasteiger partial charge in [0.2, 0.25) is 5.91 Å². The molecule has 1 amide bonds. The second-order valence-electron chi connectivity index (χ2n) is 1.24. The van der Waals surface area contributed by atoms with Gasteiger partial charge in [-0.15, -0.1) is 0 Å². The summed E-state index contributed by atoms with van der Waals surface area (Å²) in [7, 11) is 1.45. The van der Waals surface area contributed by atoms with E-state index in [-0.39, 0.29) is 19.2 Å². The van der Waals surface area contributed by atoms with Crippen molar-refractivity contribution in [1.82, 2.24) is 5.32 Å². The van der Waals surface area contributed by atoms with Crippen LogP contribution in [0.25, 0.3) is 0 Å². The highest BCUT2D eigenvalue weighted by Crippen LogP contribution is 1.64. The first-order valence-corrected chi connectivity index (χ1v) is 2.27. The first-order chi connectivity index (χ1) is 3.81. The smallest absolute Gasteiger partial charge is 0.246 e. The third-order valence-electron chi connectivity index (χ3n) is 0.575. The van der Waals surface area contributed by atoms with Gasteiger partial charge < -0.3 is 15.8 Å². The number of hydrogen-bond acceptors (Lipinski definition) is 3. The van der Waals surface area contributed by atoms with Gasteiger partial charge in [0.15, 0.2) is 0 Å². The Labute approximate surface area is 48.0 Å². The number of carbonyl (C=O) groups excluding carboxylic acids is 1. The maximum atomic E-state index is 10.3. The normalized spacial score (nSPS) is 8.75. The van der Waals surface area contributed by atoms with Gasteiger partial charge >= 0.3 is 0 Å². The van der Waals surface area contributed by atoms with E-state index >= 15 is 0 Å². The van der Waals surface area contributed by atoms with Crippen molar-refractivity contribution in [1.29, 1.82) is 0 Å². The molecule has 0 unspecified atom stereocenters. The molecule has 0 aromatic rings. The van der Waals surface area contributed by atoms with Crippen molar-refractivity contribution >= 4 is 5.91 Å². The van der Waals surface area contributed by atoms with Crippen molar-refractivity contribution in [2.24, 2.45) is 5.73 Å². The summed E-state index contributed by atoms with van der Waals surface area (Å²) in [5.41, 5.74) is 4.97. The van der Waals surface area contributed by atoms with Crippen LogP contribution in [-0.4, -0.2) is 26.3 Å². The molecule has 4 heteroatoms. The first kappa shape index (κ1) is 7.39. The minimum absolute atomic E-state index is 0.0806. The molecule has 0 saturated carbocycles. The molecule has 0 spiro atoms. The fraction of sp³-hybridized carbons (Fsp3) is 0.750. The molecule has 0 aliphatic rings. The van der Waals surface area contributed by atoms with E-state index in [0.717, 1.165) is 0 Å². The number of nitrogens with one attached hydrogen (secondary N) is 1. The van der Waals surface area contributed by atoms with E-state index in [1.807, 2.05) is 0 Å². The summed E-state index contributed by atoms with van der Waals surface area (Å²) in [5, 5.41) is 2.36. The van der Waals surface area contributed by atoms with Crippen molar-refractivity contribution in [2.45, 2.75) is 0 Å². The van der Waals surface area contributed by atoms with Crippen LogP contribution >= 0.6 is 0 Å². The van der Waals surface area contributed by atoms with Gasteiger partial charge in [-0.2, -0.15) is 0 Å². The quantitative estimate of drug-likeness (QED) is 0.451. The zero-order chi connectivity index (χ0) is 6.41. The summed E-state index contributed by atoms with van der Waals surface area (Å²) in [6, 6.07) is 0. The lowest BCUT2D eigenvalue weighted by Crippen LogP contribution is -2.32. The van der Waals surface area contributed by atoms with Gasteiger partial charge in [0.05, 0.1) is 6.67 Å². The molecular weight excluding hydrogens is 108 g/mol. The molecule has 8 heavy (non-hydrogen) atoms. The molecule has 0 aliphatic carbocycles. The zero-order valence-electron chi connectivity index (χ0n) is 4.81. The van der Waals surface area contributed by atoms with E-state index < -0.39 is 0 Å². The van der Waals surface area contributed by atoms with Crippen molar-refractivity contribution in [3.8, 4) is 0 Å². The number of methoxy groups -OCH3 is 1. The Morgan fingerprint density at radius 3 is 2.88 bits per heavy atom. The van der Waals surface area contributed by atoms with Gasteiger partial charge in [-0.1, -0.05) is 0 Å². The highest BCUT2D eigenvalue weighted by Gasteiger charge is 1.93. The predicted octanol–water partition coefficient (Wildman–Crippen LogP) is -1.33. The van der Waals surface area contributed by atoms with Crippen LogP contribution in [0.15, 0.2) is 0 Å². The summed E-state index contributed by atoms with van der Waals surface area (Å²) < 4.78 is 4.49. The summed E-state index contributed by atoms with van der Waals surface area (Å²) >= 11 is 0. The summed E-state index contributed by atoms with van der Waals surface area (Å²) in [6.07, 6.45) is 0. The van der Waals surface area contributed by atoms with Gasteiger partial charge in [0.1, 0.15) is 6.61 Å². The predicted molar refractivity (Wildman–Crippen MR) is 29.1 cm³/mol. The van der Waals surface area contributed by atoms with E-state index in [9.17, 15) is 4.79 Å². The summed E-state index contributed by atoms with van der Waals surface area (Å²) in [4.78, 5) is 10.3. The van der Waals surface area contributed by atoms with Gasteiger partial charge in [-0.3, -0.25) is 4.79 Å². The van der Waals surface area contributed by atoms with E-state index in [1.165, 1.54) is 7.11 Å². The molecule has 0 aliphatic heterocycles. The van der Waals surface area contributed by atoms with Crippen LogP contribution in [0.3, 0.4) is 0 Å². The van der Waals surface area contributed by atoms with Crippen LogP contribution in [0.4, 0.5) is 0 Å². The topological polar surface area (TPSA) is 64.3 Å². The number of carbonyl (C=O) groups is 1. The molecule has 48 valence electrons. The average molecular weight is 118 g/mol. The SMILES string of the molecule is COCC(=O)NCN. The lowest BCUT2D eigenvalue weighted by molar-refractivity contribution is -0.124. The number of ether oxygens (including phenoxy) is 1. The van der Waals surface area contributed by atoms with E-state index in [4.69, 9.17) is 5.73 Å². The molecule has 4 nitrogen and oxygen atoms in total. The molecule has 3 N–H and O–H groups in total. The van der Waals surface area contributed by atoms with Gasteiger partial charge in [-0.05, 0) is 0 Å². The summed E-state index contributed by atoms with van der Waals surface area (Å²) in [6.45, 7) is 0.249. The Kier molecular flexibility index (Phi) is 4.20. The molecule has 0 heterocycles. The lowest BCUT2D eigenvalue weighted by Gasteiger charge is -1.97. The minimum atomic E-state index is -0.185. The van der Waals surface area contributed by atoms with Gasteiger partial charge in [-0.25, -0.2) is 0 Å². The number of nitrogens with two attached hydrogens (primary N) is 1. The highest BCUT2D eigenvalue weighted by atomic mass is 16.5. The molecule has 0 rings (SSSR count). The molecule has 0 radical (unpaired) electrons. The Morgan fingerprint density at radius 2 is 2.50 bits per heavy atom. The van der Waals surface area contributed by atoms with Crippen molar-refractivity contribution in [2.75, 3.05) is 20.4 Å². The van der Waals surface area contributed by atoms with Crippen molar-refractivity contribution in [3.63, 3.8) is 0 Å². The van der Waals surface area contributed by atoms with Crippen LogP contribution in [0, 0.1) is 0 Å². The molecule has 0 atom stereocenters. The molecule has 0 bridgehead atoms. The number of amides is 1. The second-order valence-corrected chi connectivity index (χ2v) is 1.24. The highest BCUT2D eigenvalue weighted by molar-refractivity contribution is 5.76. The largest absolute Gasteiger partial charge is 0.375 e. The molecular formula is C4H10N2O2.